The van der Waals surface area contributed by atoms with E-state index >= 15 is 0 Å². The lowest BCUT2D eigenvalue weighted by Gasteiger charge is -2.37. The highest BCUT2D eigenvalue weighted by atomic mass is 16.4. The number of hydrogen-bond donors (Lipinski definition) is 1. The quantitative estimate of drug-likeness (QED) is 0.820. The molecule has 0 aromatic carbocycles. The minimum atomic E-state index is -0.978. The molecule has 1 saturated heterocycles. The van der Waals surface area contributed by atoms with Crippen molar-refractivity contribution in [3.63, 3.8) is 0 Å². The first kappa shape index (κ1) is 14.8. The summed E-state index contributed by atoms with van der Waals surface area (Å²) in [4.78, 5) is 27.1. The van der Waals surface area contributed by atoms with Crippen LogP contribution >= 0.6 is 0 Å². The number of carboxylic acids is 1. The molecular formula is C13H24N2O3. The number of likely N-dealkylation sites (tertiary alicyclic amines) is 1. The van der Waals surface area contributed by atoms with E-state index in [1.807, 2.05) is 13.8 Å². The molecule has 0 aliphatic carbocycles. The van der Waals surface area contributed by atoms with Gasteiger partial charge in [0.15, 0.2) is 0 Å². The number of carboxylic acid groups (broad SMARTS) is 1. The maximum absolute atomic E-state index is 12.3. The Bertz CT molecular complexity index is 319. The van der Waals surface area contributed by atoms with Crippen molar-refractivity contribution >= 4 is 12.0 Å². The Morgan fingerprint density at radius 3 is 2.50 bits per heavy atom. The molecule has 104 valence electrons. The Morgan fingerprint density at radius 2 is 2.00 bits per heavy atom. The molecule has 1 N–H and O–H groups in total. The van der Waals surface area contributed by atoms with Crippen LogP contribution in [0.2, 0.25) is 0 Å². The lowest BCUT2D eigenvalue weighted by Crippen LogP contribution is -2.56. The van der Waals surface area contributed by atoms with E-state index in [4.69, 9.17) is 0 Å². The van der Waals surface area contributed by atoms with E-state index in [1.165, 1.54) is 0 Å². The van der Waals surface area contributed by atoms with Gasteiger partial charge in [0, 0.05) is 20.1 Å². The predicted octanol–water partition coefficient (Wildman–Crippen LogP) is 2.17. The van der Waals surface area contributed by atoms with Gasteiger partial charge in [-0.1, -0.05) is 20.3 Å². The van der Waals surface area contributed by atoms with Crippen LogP contribution in [0, 0.1) is 0 Å². The highest BCUT2D eigenvalue weighted by Crippen LogP contribution is 2.34. The third kappa shape index (κ3) is 2.60. The number of rotatable bonds is 5. The molecule has 0 saturated carbocycles. The van der Waals surface area contributed by atoms with E-state index in [-0.39, 0.29) is 6.03 Å². The molecule has 1 aliphatic heterocycles. The molecule has 1 unspecified atom stereocenters. The maximum atomic E-state index is 12.3. The second-order valence-electron chi connectivity index (χ2n) is 5.05. The van der Waals surface area contributed by atoms with Crippen molar-refractivity contribution in [1.82, 2.24) is 9.80 Å². The third-order valence-corrected chi connectivity index (χ3v) is 3.67. The van der Waals surface area contributed by atoms with E-state index in [0.29, 0.717) is 25.9 Å². The first-order chi connectivity index (χ1) is 8.49. The van der Waals surface area contributed by atoms with Gasteiger partial charge >= 0.3 is 12.0 Å². The molecule has 1 aliphatic rings. The van der Waals surface area contributed by atoms with Crippen LogP contribution in [-0.2, 0) is 4.79 Å². The molecule has 5 nitrogen and oxygen atoms in total. The third-order valence-electron chi connectivity index (χ3n) is 3.67. The van der Waals surface area contributed by atoms with Crippen molar-refractivity contribution in [2.75, 3.05) is 20.1 Å². The number of nitrogens with zero attached hydrogens (tertiary/aromatic N) is 2. The fourth-order valence-corrected chi connectivity index (χ4v) is 2.80. The molecule has 1 fully saturated rings. The van der Waals surface area contributed by atoms with Crippen LogP contribution in [0.25, 0.3) is 0 Å². The zero-order valence-electron chi connectivity index (χ0n) is 11.6. The van der Waals surface area contributed by atoms with Crippen LogP contribution in [0.3, 0.4) is 0 Å². The van der Waals surface area contributed by atoms with Crippen LogP contribution in [0.4, 0.5) is 4.79 Å². The van der Waals surface area contributed by atoms with Crippen LogP contribution in [0.1, 0.15) is 46.0 Å². The average Bonchev–Trinajstić information content (AvgIpc) is 2.74. The zero-order chi connectivity index (χ0) is 13.8. The Balaban J connectivity index is 2.91. The Morgan fingerprint density at radius 1 is 1.33 bits per heavy atom. The van der Waals surface area contributed by atoms with Gasteiger partial charge in [-0.15, -0.1) is 0 Å². The summed E-state index contributed by atoms with van der Waals surface area (Å²) >= 11 is 0. The normalized spacial score (nSPS) is 23.2. The van der Waals surface area contributed by atoms with Crippen LogP contribution < -0.4 is 0 Å². The smallest absolute Gasteiger partial charge is 0.329 e. The summed E-state index contributed by atoms with van der Waals surface area (Å²) < 4.78 is 0. The van der Waals surface area contributed by atoms with E-state index in [1.54, 1.807) is 16.8 Å². The Hall–Kier alpha value is -1.26. The minimum Gasteiger partial charge on any atom is -0.479 e. The van der Waals surface area contributed by atoms with Crippen molar-refractivity contribution in [3.05, 3.63) is 0 Å². The Kier molecular flexibility index (Phi) is 4.99. The standard InChI is InChI=1S/C13H24N2O3/c1-4-7-13(11(16)17)8-6-10-15(13)12(18)14(3)9-5-2/h4-10H2,1-3H3,(H,16,17). The average molecular weight is 256 g/mol. The highest BCUT2D eigenvalue weighted by Gasteiger charge is 2.49. The van der Waals surface area contributed by atoms with Gasteiger partial charge in [0.05, 0.1) is 0 Å². The van der Waals surface area contributed by atoms with Crippen molar-refractivity contribution < 1.29 is 14.7 Å². The van der Waals surface area contributed by atoms with Crippen molar-refractivity contribution in [3.8, 4) is 0 Å². The zero-order valence-corrected chi connectivity index (χ0v) is 11.6. The molecule has 0 aromatic heterocycles. The maximum Gasteiger partial charge on any atom is 0.329 e. The predicted molar refractivity (Wildman–Crippen MR) is 69.5 cm³/mol. The molecular weight excluding hydrogens is 232 g/mol. The molecule has 0 aromatic rings. The second-order valence-corrected chi connectivity index (χ2v) is 5.05. The molecule has 18 heavy (non-hydrogen) atoms. The lowest BCUT2D eigenvalue weighted by atomic mass is 9.91. The highest BCUT2D eigenvalue weighted by molar-refractivity contribution is 5.87. The number of urea groups is 1. The van der Waals surface area contributed by atoms with Gasteiger partial charge in [0.1, 0.15) is 5.54 Å². The fourth-order valence-electron chi connectivity index (χ4n) is 2.80. The molecule has 0 radical (unpaired) electrons. The number of carbonyl (C=O) groups is 2. The first-order valence-electron chi connectivity index (χ1n) is 6.75. The van der Waals surface area contributed by atoms with E-state index in [2.05, 4.69) is 0 Å². The molecule has 1 heterocycles. The van der Waals surface area contributed by atoms with Gasteiger partial charge < -0.3 is 14.9 Å². The summed E-state index contributed by atoms with van der Waals surface area (Å²) in [5, 5.41) is 9.51. The molecule has 0 bridgehead atoms. The van der Waals surface area contributed by atoms with Gasteiger partial charge in [0.25, 0.3) is 0 Å². The summed E-state index contributed by atoms with van der Waals surface area (Å²) in [6.45, 7) is 5.18. The van der Waals surface area contributed by atoms with Gasteiger partial charge in [-0.05, 0) is 25.7 Å². The van der Waals surface area contributed by atoms with Gasteiger partial charge in [-0.25, -0.2) is 9.59 Å². The summed E-state index contributed by atoms with van der Waals surface area (Å²) in [7, 11) is 1.74. The largest absolute Gasteiger partial charge is 0.479 e. The summed E-state index contributed by atoms with van der Waals surface area (Å²) in [5.74, 6) is -0.861. The van der Waals surface area contributed by atoms with E-state index in [9.17, 15) is 14.7 Å². The minimum absolute atomic E-state index is 0.148. The SMILES string of the molecule is CCCN(C)C(=O)N1CCCC1(CCC)C(=O)O. The fraction of sp³-hybridized carbons (Fsp3) is 0.846. The number of aliphatic carboxylic acids is 1. The van der Waals surface area contributed by atoms with Crippen LogP contribution in [-0.4, -0.2) is 52.6 Å². The van der Waals surface area contributed by atoms with Crippen molar-refractivity contribution in [2.45, 2.75) is 51.5 Å². The molecule has 0 spiro atoms. The van der Waals surface area contributed by atoms with E-state index < -0.39 is 11.5 Å². The molecule has 1 atom stereocenters. The van der Waals surface area contributed by atoms with Gasteiger partial charge in [-0.2, -0.15) is 0 Å². The molecule has 5 heteroatoms. The second kappa shape index (κ2) is 6.07. The summed E-state index contributed by atoms with van der Waals surface area (Å²) in [6.07, 6.45) is 3.53. The van der Waals surface area contributed by atoms with Crippen LogP contribution in [0.5, 0.6) is 0 Å². The van der Waals surface area contributed by atoms with E-state index in [0.717, 1.165) is 19.3 Å². The van der Waals surface area contributed by atoms with Crippen molar-refractivity contribution in [2.24, 2.45) is 0 Å². The molecule has 1 rings (SSSR count). The van der Waals surface area contributed by atoms with Gasteiger partial charge in [-0.3, -0.25) is 0 Å². The lowest BCUT2D eigenvalue weighted by molar-refractivity contribution is -0.148. The van der Waals surface area contributed by atoms with Crippen molar-refractivity contribution in [1.29, 1.82) is 0 Å². The summed E-state index contributed by atoms with van der Waals surface area (Å²) in [5.41, 5.74) is -0.978. The number of amides is 2. The number of carbonyl (C=O) groups excluding carboxylic acids is 1. The first-order valence-corrected chi connectivity index (χ1v) is 6.75. The Labute approximate surface area is 109 Å². The van der Waals surface area contributed by atoms with Crippen LogP contribution in [0.15, 0.2) is 0 Å². The molecule has 2 amide bonds. The van der Waals surface area contributed by atoms with Gasteiger partial charge in [0.2, 0.25) is 0 Å². The summed E-state index contributed by atoms with van der Waals surface area (Å²) in [6, 6.07) is -0.148. The topological polar surface area (TPSA) is 60.9 Å². The number of hydrogen-bond acceptors (Lipinski definition) is 2. The monoisotopic (exact) mass is 256 g/mol.